The molecule has 0 bridgehead atoms. The molecular weight excluding hydrogens is 274 g/mol. The zero-order valence-electron chi connectivity index (χ0n) is 12.0. The molecule has 0 aliphatic heterocycles. The molecule has 2 aromatic rings. The van der Waals surface area contributed by atoms with Crippen LogP contribution in [0.1, 0.15) is 43.1 Å². The lowest BCUT2D eigenvalue weighted by molar-refractivity contribution is 0.227. The molecule has 0 saturated heterocycles. The second-order valence-electron chi connectivity index (χ2n) is 5.27. The topological polar surface area (TPSA) is 82.7 Å². The van der Waals surface area contributed by atoms with E-state index >= 15 is 0 Å². The number of aromatic amines is 1. The quantitative estimate of drug-likeness (QED) is 0.810. The molecule has 0 fully saturated rings. The van der Waals surface area contributed by atoms with E-state index in [4.69, 9.17) is 0 Å². The number of hydrogen-bond donors (Lipinski definition) is 3. The van der Waals surface area contributed by atoms with Crippen LogP contribution in [0.3, 0.4) is 0 Å². The standard InChI is InChI=1S/C13H19N5OS/c1-8-7-20-11(16-8)13(3,4)18-12(19)17-9(2)10-5-14-15-6-10/h5-7,9H,1-4H3,(H,14,15)(H2,17,18,19). The van der Waals surface area contributed by atoms with Crippen molar-refractivity contribution in [1.82, 2.24) is 25.8 Å². The van der Waals surface area contributed by atoms with Crippen LogP contribution in [-0.2, 0) is 5.54 Å². The minimum atomic E-state index is -0.501. The summed E-state index contributed by atoms with van der Waals surface area (Å²) in [5.74, 6) is 0. The van der Waals surface area contributed by atoms with E-state index in [1.807, 2.05) is 33.1 Å². The third kappa shape index (κ3) is 3.36. The molecule has 2 aromatic heterocycles. The van der Waals surface area contributed by atoms with Gasteiger partial charge in [-0.2, -0.15) is 5.10 Å². The number of aromatic nitrogens is 3. The van der Waals surface area contributed by atoms with Crippen LogP contribution in [-0.4, -0.2) is 21.2 Å². The lowest BCUT2D eigenvalue weighted by Crippen LogP contribution is -2.47. The van der Waals surface area contributed by atoms with Gasteiger partial charge in [-0.1, -0.05) is 0 Å². The largest absolute Gasteiger partial charge is 0.332 e. The van der Waals surface area contributed by atoms with Crippen molar-refractivity contribution < 1.29 is 4.79 Å². The highest BCUT2D eigenvalue weighted by atomic mass is 32.1. The average molecular weight is 293 g/mol. The highest BCUT2D eigenvalue weighted by Gasteiger charge is 2.26. The molecule has 2 amide bonds. The number of rotatable bonds is 4. The number of aryl methyl sites for hydroxylation is 1. The number of nitrogens with zero attached hydrogens (tertiary/aromatic N) is 2. The first-order valence-electron chi connectivity index (χ1n) is 6.38. The molecule has 0 aliphatic rings. The summed E-state index contributed by atoms with van der Waals surface area (Å²) in [6, 6.07) is -0.334. The van der Waals surface area contributed by atoms with Gasteiger partial charge in [0.1, 0.15) is 5.01 Å². The monoisotopic (exact) mass is 293 g/mol. The third-order valence-corrected chi connectivity index (χ3v) is 4.23. The zero-order valence-corrected chi connectivity index (χ0v) is 12.8. The third-order valence-electron chi connectivity index (χ3n) is 2.95. The number of urea groups is 1. The molecule has 108 valence electrons. The molecule has 7 heteroatoms. The van der Waals surface area contributed by atoms with E-state index in [9.17, 15) is 4.79 Å². The minimum Gasteiger partial charge on any atom is -0.332 e. The van der Waals surface area contributed by atoms with Crippen LogP contribution < -0.4 is 10.6 Å². The second-order valence-corrected chi connectivity index (χ2v) is 6.13. The molecule has 2 rings (SSSR count). The second kappa shape index (κ2) is 5.62. The van der Waals surface area contributed by atoms with Crippen molar-refractivity contribution in [3.05, 3.63) is 34.0 Å². The Morgan fingerprint density at radius 3 is 2.80 bits per heavy atom. The maximum Gasteiger partial charge on any atom is 0.316 e. The number of carbonyl (C=O) groups excluding carboxylic acids is 1. The molecule has 20 heavy (non-hydrogen) atoms. The van der Waals surface area contributed by atoms with Crippen molar-refractivity contribution in [3.63, 3.8) is 0 Å². The molecule has 0 aromatic carbocycles. The summed E-state index contributed by atoms with van der Waals surface area (Å²) >= 11 is 1.55. The number of H-pyrrole nitrogens is 1. The van der Waals surface area contributed by atoms with E-state index in [2.05, 4.69) is 25.8 Å². The molecule has 1 unspecified atom stereocenters. The zero-order chi connectivity index (χ0) is 14.8. The van der Waals surface area contributed by atoms with Crippen molar-refractivity contribution in [2.75, 3.05) is 0 Å². The van der Waals surface area contributed by atoms with E-state index < -0.39 is 5.54 Å². The van der Waals surface area contributed by atoms with Crippen molar-refractivity contribution in [1.29, 1.82) is 0 Å². The lowest BCUT2D eigenvalue weighted by Gasteiger charge is -2.25. The normalized spacial score (nSPS) is 13.0. The maximum atomic E-state index is 12.1. The van der Waals surface area contributed by atoms with Crippen LogP contribution in [0, 0.1) is 6.92 Å². The summed E-state index contributed by atoms with van der Waals surface area (Å²) in [5.41, 5.74) is 1.40. The number of thiazole rings is 1. The van der Waals surface area contributed by atoms with Crippen molar-refractivity contribution in [3.8, 4) is 0 Å². The van der Waals surface area contributed by atoms with Crippen LogP contribution in [0.2, 0.25) is 0 Å². The summed E-state index contributed by atoms with van der Waals surface area (Å²) in [6.45, 7) is 7.73. The smallest absolute Gasteiger partial charge is 0.316 e. The fraction of sp³-hybridized carbons (Fsp3) is 0.462. The van der Waals surface area contributed by atoms with E-state index in [1.54, 1.807) is 23.7 Å². The van der Waals surface area contributed by atoms with Crippen molar-refractivity contribution in [2.45, 2.75) is 39.3 Å². The van der Waals surface area contributed by atoms with E-state index in [0.29, 0.717) is 0 Å². The molecule has 0 aliphatic carbocycles. The Bertz CT molecular complexity index is 575. The van der Waals surface area contributed by atoms with Gasteiger partial charge in [0.15, 0.2) is 0 Å². The molecule has 3 N–H and O–H groups in total. The predicted octanol–water partition coefficient (Wildman–Crippen LogP) is 2.47. The summed E-state index contributed by atoms with van der Waals surface area (Å²) < 4.78 is 0. The Morgan fingerprint density at radius 2 is 2.25 bits per heavy atom. The van der Waals surface area contributed by atoms with Gasteiger partial charge in [-0.05, 0) is 27.7 Å². The first-order chi connectivity index (χ1) is 9.38. The van der Waals surface area contributed by atoms with E-state index in [1.165, 1.54) is 0 Å². The molecule has 1 atom stereocenters. The number of nitrogens with one attached hydrogen (secondary N) is 3. The molecule has 2 heterocycles. The fourth-order valence-corrected chi connectivity index (χ4v) is 2.67. The highest BCUT2D eigenvalue weighted by Crippen LogP contribution is 2.23. The summed E-state index contributed by atoms with van der Waals surface area (Å²) in [5, 5.41) is 15.3. The predicted molar refractivity (Wildman–Crippen MR) is 78.5 cm³/mol. The molecular formula is C13H19N5OS. The Balaban J connectivity index is 1.97. The Morgan fingerprint density at radius 1 is 1.50 bits per heavy atom. The molecule has 6 nitrogen and oxygen atoms in total. The average Bonchev–Trinajstić information content (AvgIpc) is 2.97. The Hall–Kier alpha value is -1.89. The molecule has 0 radical (unpaired) electrons. The van der Waals surface area contributed by atoms with E-state index in [-0.39, 0.29) is 12.1 Å². The summed E-state index contributed by atoms with van der Waals surface area (Å²) in [6.07, 6.45) is 3.46. The van der Waals surface area contributed by atoms with Crippen LogP contribution in [0.4, 0.5) is 4.79 Å². The first kappa shape index (κ1) is 14.5. The first-order valence-corrected chi connectivity index (χ1v) is 7.26. The van der Waals surface area contributed by atoms with Gasteiger partial charge in [-0.25, -0.2) is 9.78 Å². The summed E-state index contributed by atoms with van der Waals surface area (Å²) in [4.78, 5) is 16.5. The highest BCUT2D eigenvalue weighted by molar-refractivity contribution is 7.09. The molecule has 0 saturated carbocycles. The van der Waals surface area contributed by atoms with Crippen LogP contribution in [0.15, 0.2) is 17.8 Å². The molecule has 0 spiro atoms. The Kier molecular flexibility index (Phi) is 4.08. The van der Waals surface area contributed by atoms with Gasteiger partial charge in [-0.15, -0.1) is 11.3 Å². The van der Waals surface area contributed by atoms with Crippen LogP contribution in [0.5, 0.6) is 0 Å². The van der Waals surface area contributed by atoms with Gasteiger partial charge in [-0.3, -0.25) is 5.10 Å². The van der Waals surface area contributed by atoms with Crippen LogP contribution >= 0.6 is 11.3 Å². The maximum absolute atomic E-state index is 12.1. The van der Waals surface area contributed by atoms with Crippen LogP contribution in [0.25, 0.3) is 0 Å². The minimum absolute atomic E-state index is 0.109. The van der Waals surface area contributed by atoms with Gasteiger partial charge in [0, 0.05) is 22.8 Å². The van der Waals surface area contributed by atoms with E-state index in [0.717, 1.165) is 16.3 Å². The van der Waals surface area contributed by atoms with Gasteiger partial charge < -0.3 is 10.6 Å². The Labute approximate surface area is 122 Å². The van der Waals surface area contributed by atoms with Crippen molar-refractivity contribution >= 4 is 17.4 Å². The number of hydrogen-bond acceptors (Lipinski definition) is 4. The lowest BCUT2D eigenvalue weighted by atomic mass is 10.1. The van der Waals surface area contributed by atoms with Gasteiger partial charge in [0.25, 0.3) is 0 Å². The number of carbonyl (C=O) groups is 1. The van der Waals surface area contributed by atoms with Gasteiger partial charge in [0.05, 0.1) is 17.8 Å². The number of amides is 2. The van der Waals surface area contributed by atoms with Gasteiger partial charge in [0.2, 0.25) is 0 Å². The SMILES string of the molecule is Cc1csc(C(C)(C)NC(=O)NC(C)c2cn[nH]c2)n1. The van der Waals surface area contributed by atoms with Crippen molar-refractivity contribution in [2.24, 2.45) is 0 Å². The van der Waals surface area contributed by atoms with Gasteiger partial charge >= 0.3 is 6.03 Å². The fourth-order valence-electron chi connectivity index (χ4n) is 1.79. The summed E-state index contributed by atoms with van der Waals surface area (Å²) in [7, 11) is 0.